The molecule has 0 unspecified atom stereocenters. The van der Waals surface area contributed by atoms with Crippen LogP contribution in [0.4, 0.5) is 0 Å². The monoisotopic (exact) mass is 287 g/mol. The van der Waals surface area contributed by atoms with Gasteiger partial charge in [0.1, 0.15) is 0 Å². The van der Waals surface area contributed by atoms with Crippen molar-refractivity contribution in [2.24, 2.45) is 0 Å². The van der Waals surface area contributed by atoms with Crippen molar-refractivity contribution in [3.05, 3.63) is 41.9 Å². The first kappa shape index (κ1) is 12.1. The van der Waals surface area contributed by atoms with Crippen LogP contribution in [0.15, 0.2) is 36.2 Å². The number of aromatic nitrogens is 4. The molecule has 1 atom stereocenters. The predicted molar refractivity (Wildman–Crippen MR) is 78.7 cm³/mol. The Bertz CT molecular complexity index is 655. The summed E-state index contributed by atoms with van der Waals surface area (Å²) < 4.78 is 4.15. The largest absolute Gasteiger partial charge is 0.297 e. The average Bonchev–Trinajstić information content (AvgIpc) is 3.16. The van der Waals surface area contributed by atoms with Crippen LogP contribution in [0.1, 0.15) is 18.5 Å². The molecule has 1 fully saturated rings. The van der Waals surface area contributed by atoms with Gasteiger partial charge in [0.2, 0.25) is 0 Å². The van der Waals surface area contributed by atoms with Crippen LogP contribution in [-0.2, 0) is 13.1 Å². The summed E-state index contributed by atoms with van der Waals surface area (Å²) >= 11 is 1.69. The first-order chi connectivity index (χ1) is 9.88. The van der Waals surface area contributed by atoms with E-state index in [0.717, 1.165) is 24.6 Å². The SMILES string of the molecule is c1cnn(C[C@H]2CCCN2Cc2cn3ccsc3n2)c1. The Hall–Kier alpha value is -1.66. The Kier molecular flexibility index (Phi) is 3.05. The van der Waals surface area contributed by atoms with Crippen LogP contribution in [0, 0.1) is 0 Å². The van der Waals surface area contributed by atoms with E-state index in [-0.39, 0.29) is 0 Å². The van der Waals surface area contributed by atoms with Crippen molar-refractivity contribution in [2.45, 2.75) is 32.0 Å². The van der Waals surface area contributed by atoms with E-state index in [2.05, 4.69) is 37.2 Å². The van der Waals surface area contributed by atoms with Crippen LogP contribution >= 0.6 is 11.3 Å². The summed E-state index contributed by atoms with van der Waals surface area (Å²) in [5.74, 6) is 0. The Morgan fingerprint density at radius 3 is 3.20 bits per heavy atom. The predicted octanol–water partition coefficient (Wildman–Crippen LogP) is 2.26. The lowest BCUT2D eigenvalue weighted by Crippen LogP contribution is -2.32. The lowest BCUT2D eigenvalue weighted by atomic mass is 10.2. The highest BCUT2D eigenvalue weighted by atomic mass is 32.1. The molecule has 4 rings (SSSR count). The third-order valence-electron chi connectivity index (χ3n) is 3.96. The topological polar surface area (TPSA) is 38.4 Å². The van der Waals surface area contributed by atoms with Gasteiger partial charge in [0.25, 0.3) is 0 Å². The van der Waals surface area contributed by atoms with E-state index in [1.165, 1.54) is 18.5 Å². The van der Waals surface area contributed by atoms with Gasteiger partial charge in [-0.25, -0.2) is 4.98 Å². The van der Waals surface area contributed by atoms with E-state index in [9.17, 15) is 0 Å². The van der Waals surface area contributed by atoms with Gasteiger partial charge in [-0.3, -0.25) is 14.0 Å². The smallest absolute Gasteiger partial charge is 0.193 e. The molecule has 20 heavy (non-hydrogen) atoms. The number of fused-ring (bicyclic) bond motifs is 1. The molecule has 0 saturated carbocycles. The van der Waals surface area contributed by atoms with Gasteiger partial charge in [-0.05, 0) is 25.5 Å². The van der Waals surface area contributed by atoms with E-state index >= 15 is 0 Å². The van der Waals surface area contributed by atoms with E-state index in [1.807, 2.05) is 23.1 Å². The fraction of sp³-hybridized carbons (Fsp3) is 0.429. The molecule has 3 aromatic rings. The average molecular weight is 287 g/mol. The third-order valence-corrected chi connectivity index (χ3v) is 4.74. The third kappa shape index (κ3) is 2.25. The number of rotatable bonds is 4. The number of thiazole rings is 1. The van der Waals surface area contributed by atoms with Crippen LogP contribution in [0.2, 0.25) is 0 Å². The highest BCUT2D eigenvalue weighted by Crippen LogP contribution is 2.22. The molecule has 0 bridgehead atoms. The molecule has 3 aromatic heterocycles. The van der Waals surface area contributed by atoms with Gasteiger partial charge < -0.3 is 0 Å². The summed E-state index contributed by atoms with van der Waals surface area (Å²) in [5.41, 5.74) is 1.17. The van der Waals surface area contributed by atoms with E-state index < -0.39 is 0 Å². The van der Waals surface area contributed by atoms with Crippen molar-refractivity contribution >= 4 is 16.3 Å². The molecule has 104 valence electrons. The zero-order valence-electron chi connectivity index (χ0n) is 11.2. The lowest BCUT2D eigenvalue weighted by Gasteiger charge is -2.23. The van der Waals surface area contributed by atoms with E-state index in [1.54, 1.807) is 11.3 Å². The summed E-state index contributed by atoms with van der Waals surface area (Å²) in [6, 6.07) is 2.57. The first-order valence-corrected chi connectivity index (χ1v) is 7.89. The van der Waals surface area contributed by atoms with Crippen molar-refractivity contribution in [1.29, 1.82) is 0 Å². The van der Waals surface area contributed by atoms with Crippen LogP contribution in [0.3, 0.4) is 0 Å². The highest BCUT2D eigenvalue weighted by molar-refractivity contribution is 7.15. The molecule has 1 aliphatic heterocycles. The van der Waals surface area contributed by atoms with Crippen molar-refractivity contribution in [2.75, 3.05) is 6.54 Å². The fourth-order valence-electron chi connectivity index (χ4n) is 2.99. The highest BCUT2D eigenvalue weighted by Gasteiger charge is 2.25. The molecule has 4 heterocycles. The Labute approximate surface area is 121 Å². The maximum atomic E-state index is 4.69. The van der Waals surface area contributed by atoms with E-state index in [4.69, 9.17) is 0 Å². The summed E-state index contributed by atoms with van der Waals surface area (Å²) in [4.78, 5) is 8.31. The van der Waals surface area contributed by atoms with Crippen molar-refractivity contribution in [3.63, 3.8) is 0 Å². The Morgan fingerprint density at radius 2 is 2.35 bits per heavy atom. The van der Waals surface area contributed by atoms with Crippen molar-refractivity contribution in [3.8, 4) is 0 Å². The minimum Gasteiger partial charge on any atom is -0.297 e. The normalized spacial score (nSPS) is 20.1. The quantitative estimate of drug-likeness (QED) is 0.739. The summed E-state index contributed by atoms with van der Waals surface area (Å²) in [7, 11) is 0. The van der Waals surface area contributed by atoms with Gasteiger partial charge in [0, 0.05) is 42.8 Å². The second kappa shape index (κ2) is 5.03. The molecule has 0 amide bonds. The molecule has 1 aliphatic rings. The minimum absolute atomic E-state index is 0.578. The van der Waals surface area contributed by atoms with Crippen molar-refractivity contribution < 1.29 is 0 Å². The van der Waals surface area contributed by atoms with Gasteiger partial charge in [0.05, 0.1) is 12.2 Å². The molecule has 6 heteroatoms. The minimum atomic E-state index is 0.578. The van der Waals surface area contributed by atoms with Gasteiger partial charge in [-0.1, -0.05) is 0 Å². The summed E-state index contributed by atoms with van der Waals surface area (Å²) in [5, 5.41) is 6.39. The molecule has 0 aliphatic carbocycles. The zero-order valence-corrected chi connectivity index (χ0v) is 12.0. The molecule has 0 spiro atoms. The molecular formula is C14H17N5S. The van der Waals surface area contributed by atoms with Gasteiger partial charge >= 0.3 is 0 Å². The van der Waals surface area contributed by atoms with Crippen molar-refractivity contribution in [1.82, 2.24) is 24.1 Å². The molecule has 0 radical (unpaired) electrons. The number of hydrogen-bond acceptors (Lipinski definition) is 4. The number of likely N-dealkylation sites (tertiary alicyclic amines) is 1. The Balaban J connectivity index is 1.48. The number of imidazole rings is 1. The lowest BCUT2D eigenvalue weighted by molar-refractivity contribution is 0.217. The summed E-state index contributed by atoms with van der Waals surface area (Å²) in [6.07, 6.45) is 10.6. The van der Waals surface area contributed by atoms with Crippen LogP contribution < -0.4 is 0 Å². The molecule has 0 N–H and O–H groups in total. The molecule has 0 aromatic carbocycles. The Morgan fingerprint density at radius 1 is 1.35 bits per heavy atom. The second-order valence-electron chi connectivity index (χ2n) is 5.32. The van der Waals surface area contributed by atoms with Crippen LogP contribution in [-0.4, -0.2) is 36.7 Å². The summed E-state index contributed by atoms with van der Waals surface area (Å²) in [6.45, 7) is 3.09. The van der Waals surface area contributed by atoms with Gasteiger partial charge in [-0.15, -0.1) is 11.3 Å². The molecular weight excluding hydrogens is 270 g/mol. The zero-order chi connectivity index (χ0) is 13.4. The van der Waals surface area contributed by atoms with Gasteiger partial charge in [0.15, 0.2) is 4.96 Å². The maximum Gasteiger partial charge on any atom is 0.193 e. The van der Waals surface area contributed by atoms with Gasteiger partial charge in [-0.2, -0.15) is 5.10 Å². The number of hydrogen-bond donors (Lipinski definition) is 0. The maximum absolute atomic E-state index is 4.69. The van der Waals surface area contributed by atoms with Crippen LogP contribution in [0.25, 0.3) is 4.96 Å². The first-order valence-electron chi connectivity index (χ1n) is 7.01. The standard InChI is InChI=1S/C14H17N5S/c1-3-13(11-19-6-2-4-15-19)17(5-1)9-12-10-18-7-8-20-14(18)16-12/h2,4,6-8,10,13H,1,3,5,9,11H2/t13-/m1/s1. The molecule has 1 saturated heterocycles. The second-order valence-corrected chi connectivity index (χ2v) is 6.19. The fourth-order valence-corrected chi connectivity index (χ4v) is 3.71. The number of nitrogens with zero attached hydrogens (tertiary/aromatic N) is 5. The molecule has 5 nitrogen and oxygen atoms in total. The van der Waals surface area contributed by atoms with E-state index in [0.29, 0.717) is 6.04 Å². The van der Waals surface area contributed by atoms with Crippen LogP contribution in [0.5, 0.6) is 0 Å².